The molecule has 70 heavy (non-hydrogen) atoms. The van der Waals surface area contributed by atoms with Gasteiger partial charge in [-0.3, -0.25) is 9.97 Å². The smallest absolute Gasteiger partial charge is 0.0724 e. The third kappa shape index (κ3) is 12.0. The molecule has 0 spiro atoms. The molecule has 0 aliphatic rings. The maximum Gasteiger partial charge on any atom is 0.0724 e. The molecule has 0 N–H and O–H groups in total. The van der Waals surface area contributed by atoms with E-state index in [2.05, 4.69) is 180 Å². The maximum absolute atomic E-state index is 4.49. The number of rotatable bonds is 9. The van der Waals surface area contributed by atoms with Gasteiger partial charge in [0, 0.05) is 89.9 Å². The first-order chi connectivity index (χ1) is 33.4. The number of fused-ring (bicyclic) bond motifs is 6. The van der Waals surface area contributed by atoms with Crippen LogP contribution < -0.4 is 0 Å². The van der Waals surface area contributed by atoms with Gasteiger partial charge in [-0.1, -0.05) is 115 Å². The van der Waals surface area contributed by atoms with E-state index in [0.29, 0.717) is 17.9 Å². The Bertz CT molecular complexity index is 3130. The van der Waals surface area contributed by atoms with Crippen molar-refractivity contribution in [1.82, 2.24) is 29.1 Å². The molecule has 3 atom stereocenters. The Morgan fingerprint density at radius 3 is 1.59 bits per heavy atom. The fourth-order valence-corrected chi connectivity index (χ4v) is 8.51. The SMILES string of the molecule is C.CCC(C)c1ccc(-c2[c-]cccc2)nc1.CCC(C)c1ccc(-n2c3ccccc3c3ccncc32)cc1.CCC(C)n1c2ccccc2c2cnccc21.[Ir].[c-]1ccccc1-c1ccccn1. The summed E-state index contributed by atoms with van der Waals surface area (Å²) in [6.07, 6.45) is 14.9. The van der Waals surface area contributed by atoms with E-state index in [4.69, 9.17) is 0 Å². The summed E-state index contributed by atoms with van der Waals surface area (Å²) in [4.78, 5) is 17.3. The van der Waals surface area contributed by atoms with Crippen molar-refractivity contribution in [3.63, 3.8) is 0 Å². The minimum Gasteiger partial charge on any atom is -0.338 e. The quantitative estimate of drug-likeness (QED) is 0.135. The van der Waals surface area contributed by atoms with E-state index >= 15 is 0 Å². The first-order valence-corrected chi connectivity index (χ1v) is 24.0. The summed E-state index contributed by atoms with van der Waals surface area (Å²) in [6.45, 7) is 13.4. The number of para-hydroxylation sites is 2. The van der Waals surface area contributed by atoms with Crippen molar-refractivity contribution in [3.8, 4) is 28.2 Å². The van der Waals surface area contributed by atoms with E-state index in [1.165, 1.54) is 61.3 Å². The standard InChI is InChI=1S/C21H20N2.C15H16N2.C15H16N.C11H8N.CH4.Ir/c1-3-15(2)16-8-10-17(11-9-16)23-20-7-5-4-6-18(20)19-12-13-22-14-21(19)23;1-3-11(2)17-14-7-5-4-6-12(14)13-10-16-9-8-15(13)17;1-3-12(2)14-9-10-15(16-11-14)13-7-5-4-6-8-13;1-2-6-10(7-3-1)11-8-4-5-9-12-11;;/h4-15H,3H2,1-2H3;4-11H,3H2,1-2H3;4-7,9-12H,3H2,1-2H3;1-6,8-9H;1H4;/q;;2*-1;;. The zero-order chi connectivity index (χ0) is 47.2. The minimum atomic E-state index is 0. The topological polar surface area (TPSA) is 61.4 Å². The zero-order valence-electron chi connectivity index (χ0n) is 40.4. The zero-order valence-corrected chi connectivity index (χ0v) is 42.8. The molecule has 0 saturated carbocycles. The average molecular weight is 1100 g/mol. The van der Waals surface area contributed by atoms with Crippen molar-refractivity contribution in [3.05, 3.63) is 224 Å². The molecule has 6 nitrogen and oxygen atoms in total. The van der Waals surface area contributed by atoms with Crippen LogP contribution in [-0.4, -0.2) is 29.1 Å². The van der Waals surface area contributed by atoms with Crippen molar-refractivity contribution < 1.29 is 20.1 Å². The summed E-state index contributed by atoms with van der Waals surface area (Å²) in [5, 5.41) is 5.08. The van der Waals surface area contributed by atoms with Gasteiger partial charge in [0.2, 0.25) is 0 Å². The Kier molecular flexibility index (Phi) is 19.1. The Morgan fingerprint density at radius 2 is 0.986 bits per heavy atom. The summed E-state index contributed by atoms with van der Waals surface area (Å²) >= 11 is 0. The largest absolute Gasteiger partial charge is 0.338 e. The van der Waals surface area contributed by atoms with Gasteiger partial charge in [0.05, 0.1) is 22.7 Å². The molecule has 0 aliphatic heterocycles. The van der Waals surface area contributed by atoms with E-state index in [-0.39, 0.29) is 27.5 Å². The van der Waals surface area contributed by atoms with E-state index < -0.39 is 0 Å². The summed E-state index contributed by atoms with van der Waals surface area (Å²) in [5.41, 5.74) is 12.9. The molecule has 0 amide bonds. The molecule has 0 saturated heterocycles. The summed E-state index contributed by atoms with van der Waals surface area (Å²) in [6, 6.07) is 63.0. The van der Waals surface area contributed by atoms with Crippen LogP contribution in [0.3, 0.4) is 0 Å². The molecule has 1 radical (unpaired) electrons. The number of hydrogen-bond donors (Lipinski definition) is 0. The van der Waals surface area contributed by atoms with E-state index in [1.54, 1.807) is 6.20 Å². The molecule has 11 aromatic rings. The van der Waals surface area contributed by atoms with Gasteiger partial charge in [-0.15, -0.1) is 71.8 Å². The Morgan fingerprint density at radius 1 is 0.443 bits per heavy atom. The summed E-state index contributed by atoms with van der Waals surface area (Å²) in [7, 11) is 0. The predicted molar refractivity (Wildman–Crippen MR) is 292 cm³/mol. The Balaban J connectivity index is 0.000000155. The first kappa shape index (κ1) is 52.3. The number of pyridine rings is 4. The van der Waals surface area contributed by atoms with Gasteiger partial charge in [0.1, 0.15) is 0 Å². The van der Waals surface area contributed by atoms with Gasteiger partial charge in [-0.05, 0) is 103 Å². The van der Waals surface area contributed by atoms with Gasteiger partial charge in [0.25, 0.3) is 0 Å². The number of aromatic nitrogens is 6. The Labute approximate surface area is 428 Å². The van der Waals surface area contributed by atoms with E-state index in [9.17, 15) is 0 Å². The minimum absolute atomic E-state index is 0. The monoisotopic (exact) mass is 1100 g/mol. The second-order valence-electron chi connectivity index (χ2n) is 17.2. The van der Waals surface area contributed by atoms with Crippen LogP contribution in [-0.2, 0) is 20.1 Å². The van der Waals surface area contributed by atoms with E-state index in [0.717, 1.165) is 40.9 Å². The fourth-order valence-electron chi connectivity index (χ4n) is 8.51. The third-order valence-electron chi connectivity index (χ3n) is 13.0. The van der Waals surface area contributed by atoms with Crippen molar-refractivity contribution in [2.24, 2.45) is 0 Å². The number of nitrogens with zero attached hydrogens (tertiary/aromatic N) is 6. The molecule has 0 bridgehead atoms. The van der Waals surface area contributed by atoms with Crippen molar-refractivity contribution >= 4 is 43.6 Å². The van der Waals surface area contributed by atoms with Crippen molar-refractivity contribution in [2.75, 3.05) is 0 Å². The molecule has 357 valence electrons. The van der Waals surface area contributed by atoms with E-state index in [1.807, 2.05) is 97.7 Å². The van der Waals surface area contributed by atoms with Crippen molar-refractivity contribution in [1.29, 1.82) is 0 Å². The van der Waals surface area contributed by atoms with Crippen LogP contribution in [0, 0.1) is 12.1 Å². The molecule has 5 aromatic carbocycles. The summed E-state index contributed by atoms with van der Waals surface area (Å²) < 4.78 is 4.73. The van der Waals surface area contributed by atoms with Gasteiger partial charge >= 0.3 is 0 Å². The average Bonchev–Trinajstić information content (AvgIpc) is 3.95. The number of benzene rings is 5. The summed E-state index contributed by atoms with van der Waals surface area (Å²) in [5.74, 6) is 1.19. The predicted octanol–water partition coefficient (Wildman–Crippen LogP) is 17.1. The van der Waals surface area contributed by atoms with Gasteiger partial charge in [-0.2, -0.15) is 0 Å². The van der Waals surface area contributed by atoms with Crippen LogP contribution >= 0.6 is 0 Å². The van der Waals surface area contributed by atoms with Crippen LogP contribution in [0.1, 0.15) is 97.2 Å². The maximum atomic E-state index is 4.49. The van der Waals surface area contributed by atoms with Crippen LogP contribution in [0.2, 0.25) is 0 Å². The molecular formula is C63H64IrN6-2. The molecule has 3 unspecified atom stereocenters. The molecule has 6 heterocycles. The van der Waals surface area contributed by atoms with Gasteiger partial charge in [0.15, 0.2) is 0 Å². The normalized spacial score (nSPS) is 11.9. The molecule has 0 fully saturated rings. The van der Waals surface area contributed by atoms with Gasteiger partial charge in [-0.25, -0.2) is 0 Å². The molecule has 11 rings (SSSR count). The second kappa shape index (κ2) is 25.5. The molecule has 0 aliphatic carbocycles. The Hall–Kier alpha value is -7.05. The molecule has 7 heteroatoms. The number of hydrogen-bond acceptors (Lipinski definition) is 4. The fraction of sp³-hybridized carbons (Fsp3) is 0.206. The molecular weight excluding hydrogens is 1030 g/mol. The molecule has 6 aromatic heterocycles. The van der Waals surface area contributed by atoms with Gasteiger partial charge < -0.3 is 19.1 Å². The van der Waals surface area contributed by atoms with Crippen molar-refractivity contribution in [2.45, 2.75) is 86.1 Å². The first-order valence-electron chi connectivity index (χ1n) is 24.0. The second-order valence-corrected chi connectivity index (χ2v) is 17.2. The van der Waals surface area contributed by atoms with Crippen LogP contribution in [0.4, 0.5) is 0 Å². The third-order valence-corrected chi connectivity index (χ3v) is 13.0. The van der Waals surface area contributed by atoms with Crippen LogP contribution in [0.25, 0.3) is 71.8 Å². The van der Waals surface area contributed by atoms with Crippen LogP contribution in [0.15, 0.2) is 201 Å². The van der Waals surface area contributed by atoms with Crippen LogP contribution in [0.5, 0.6) is 0 Å².